The van der Waals surface area contributed by atoms with Gasteiger partial charge in [-0.3, -0.25) is 0 Å². The highest BCUT2D eigenvalue weighted by Crippen LogP contribution is 2.48. The topological polar surface area (TPSA) is 0 Å². The van der Waals surface area contributed by atoms with Crippen molar-refractivity contribution in [3.8, 4) is 44.5 Å². The van der Waals surface area contributed by atoms with Crippen molar-refractivity contribution in [2.24, 2.45) is 0 Å². The van der Waals surface area contributed by atoms with Gasteiger partial charge in [0.05, 0.1) is 0 Å². The van der Waals surface area contributed by atoms with Gasteiger partial charge in [0.15, 0.2) is 0 Å². The minimum Gasteiger partial charge on any atom is -0.0622 e. The molecular formula is C50H44. The smallest absolute Gasteiger partial charge is 0.00200 e. The van der Waals surface area contributed by atoms with Gasteiger partial charge >= 0.3 is 0 Å². The second kappa shape index (κ2) is 12.1. The first-order valence-electron chi connectivity index (χ1n) is 17.9. The quantitative estimate of drug-likeness (QED) is 0.167. The number of fused-ring (bicyclic) bond motifs is 3. The molecule has 0 bridgehead atoms. The molecule has 244 valence electrons. The molecule has 0 saturated carbocycles. The van der Waals surface area contributed by atoms with E-state index >= 15 is 0 Å². The van der Waals surface area contributed by atoms with Gasteiger partial charge in [-0.25, -0.2) is 0 Å². The molecule has 0 saturated heterocycles. The van der Waals surface area contributed by atoms with Crippen LogP contribution >= 0.6 is 0 Å². The van der Waals surface area contributed by atoms with E-state index in [0.717, 1.165) is 0 Å². The van der Waals surface area contributed by atoms with E-state index in [1.165, 1.54) is 88.0 Å². The Kier molecular flexibility index (Phi) is 7.72. The molecule has 0 N–H and O–H groups in total. The lowest BCUT2D eigenvalue weighted by Crippen LogP contribution is -2.11. The van der Waals surface area contributed by atoms with Gasteiger partial charge in [0, 0.05) is 0 Å². The lowest BCUT2D eigenvalue weighted by atomic mass is 9.78. The van der Waals surface area contributed by atoms with E-state index in [2.05, 4.69) is 199 Å². The molecule has 0 atom stereocenters. The van der Waals surface area contributed by atoms with Crippen molar-refractivity contribution in [1.29, 1.82) is 0 Å². The molecule has 8 aromatic carbocycles. The zero-order valence-electron chi connectivity index (χ0n) is 30.0. The molecule has 0 aliphatic heterocycles. The van der Waals surface area contributed by atoms with E-state index in [4.69, 9.17) is 0 Å². The third kappa shape index (κ3) is 5.69. The maximum absolute atomic E-state index is 2.47. The van der Waals surface area contributed by atoms with Gasteiger partial charge in [-0.1, -0.05) is 181 Å². The zero-order chi connectivity index (χ0) is 34.6. The molecule has 0 spiro atoms. The number of hydrogen-bond acceptors (Lipinski definition) is 0. The van der Waals surface area contributed by atoms with Crippen LogP contribution in [0.25, 0.3) is 76.8 Å². The minimum atomic E-state index is 0.0110. The summed E-state index contributed by atoms with van der Waals surface area (Å²) in [7, 11) is 0. The van der Waals surface area contributed by atoms with E-state index < -0.39 is 0 Å². The van der Waals surface area contributed by atoms with E-state index in [-0.39, 0.29) is 10.8 Å². The fourth-order valence-corrected chi connectivity index (χ4v) is 7.53. The Morgan fingerprint density at radius 3 is 1.44 bits per heavy atom. The summed E-state index contributed by atoms with van der Waals surface area (Å²) in [6.07, 6.45) is 0. The summed E-state index contributed by atoms with van der Waals surface area (Å²) in [6.45, 7) is 13.9. The normalized spacial score (nSPS) is 12.2. The number of benzene rings is 8. The van der Waals surface area contributed by atoms with Crippen molar-refractivity contribution >= 4 is 32.3 Å². The first-order valence-corrected chi connectivity index (χ1v) is 17.9. The molecule has 0 unspecified atom stereocenters. The van der Waals surface area contributed by atoms with Gasteiger partial charge in [-0.05, 0) is 117 Å². The third-order valence-electron chi connectivity index (χ3n) is 10.4. The molecule has 8 rings (SSSR count). The summed E-state index contributed by atoms with van der Waals surface area (Å²) in [5, 5.41) is 7.70. The second-order valence-electron chi connectivity index (χ2n) is 15.8. The van der Waals surface area contributed by atoms with Crippen LogP contribution in [0.15, 0.2) is 158 Å². The predicted molar refractivity (Wildman–Crippen MR) is 218 cm³/mol. The maximum atomic E-state index is 2.47. The van der Waals surface area contributed by atoms with E-state index in [0.29, 0.717) is 0 Å². The van der Waals surface area contributed by atoms with Crippen LogP contribution in [0.1, 0.15) is 52.7 Å². The molecule has 8 aromatic rings. The molecule has 0 nitrogen and oxygen atoms in total. The standard InChI is InChI=1S/C50H44/c1-49(2,3)39-27-29-44-45(31-39)47(36-23-20-34(21-24-36)38-25-22-33-14-10-11-17-37(33)30-38)43-28-26-40(50(4,5)6)32-46(43)48(44)42-19-13-12-18-41(42)35-15-8-7-9-16-35/h7-32H,1-6H3. The molecule has 50 heavy (non-hydrogen) atoms. The van der Waals surface area contributed by atoms with Crippen molar-refractivity contribution in [3.05, 3.63) is 169 Å². The zero-order valence-corrected chi connectivity index (χ0v) is 30.0. The van der Waals surface area contributed by atoms with E-state index in [1.54, 1.807) is 0 Å². The van der Waals surface area contributed by atoms with Crippen LogP contribution in [-0.4, -0.2) is 0 Å². The highest BCUT2D eigenvalue weighted by atomic mass is 14.3. The van der Waals surface area contributed by atoms with Crippen molar-refractivity contribution in [1.82, 2.24) is 0 Å². The Morgan fingerprint density at radius 1 is 0.300 bits per heavy atom. The lowest BCUT2D eigenvalue weighted by molar-refractivity contribution is 0.590. The average molecular weight is 645 g/mol. The first kappa shape index (κ1) is 31.8. The van der Waals surface area contributed by atoms with Crippen LogP contribution in [0.4, 0.5) is 0 Å². The summed E-state index contributed by atoms with van der Waals surface area (Å²) in [6, 6.07) is 58.8. The van der Waals surface area contributed by atoms with Crippen molar-refractivity contribution < 1.29 is 0 Å². The van der Waals surface area contributed by atoms with E-state index in [9.17, 15) is 0 Å². The largest absolute Gasteiger partial charge is 0.0622 e. The van der Waals surface area contributed by atoms with Crippen molar-refractivity contribution in [2.45, 2.75) is 52.4 Å². The fourth-order valence-electron chi connectivity index (χ4n) is 7.53. The predicted octanol–water partition coefficient (Wildman–Crippen LogP) is 14.4. The summed E-state index contributed by atoms with van der Waals surface area (Å²) in [4.78, 5) is 0. The Balaban J connectivity index is 1.44. The van der Waals surface area contributed by atoms with Gasteiger partial charge in [0.2, 0.25) is 0 Å². The molecule has 0 amide bonds. The molecule has 0 heterocycles. The van der Waals surface area contributed by atoms with Gasteiger partial charge < -0.3 is 0 Å². The molecular weight excluding hydrogens is 601 g/mol. The SMILES string of the molecule is CC(C)(C)c1ccc2c(-c3ccccc3-c3ccccc3)c3cc(C(C)(C)C)ccc3c(-c3ccc(-c4ccc5ccccc5c4)cc3)c2c1. The van der Waals surface area contributed by atoms with E-state index in [1.807, 2.05) is 0 Å². The van der Waals surface area contributed by atoms with Gasteiger partial charge in [0.1, 0.15) is 0 Å². The highest BCUT2D eigenvalue weighted by molar-refractivity contribution is 6.22. The van der Waals surface area contributed by atoms with Crippen LogP contribution in [0.3, 0.4) is 0 Å². The van der Waals surface area contributed by atoms with Crippen LogP contribution in [0.2, 0.25) is 0 Å². The van der Waals surface area contributed by atoms with Crippen molar-refractivity contribution in [3.63, 3.8) is 0 Å². The third-order valence-corrected chi connectivity index (χ3v) is 10.4. The van der Waals surface area contributed by atoms with Crippen LogP contribution in [0.5, 0.6) is 0 Å². The molecule has 0 aromatic heterocycles. The Hall–Kier alpha value is -5.46. The summed E-state index contributed by atoms with van der Waals surface area (Å²) in [5.74, 6) is 0. The monoisotopic (exact) mass is 644 g/mol. The molecule has 0 fully saturated rings. The van der Waals surface area contributed by atoms with Crippen molar-refractivity contribution in [2.75, 3.05) is 0 Å². The minimum absolute atomic E-state index is 0.0110. The van der Waals surface area contributed by atoms with Crippen LogP contribution in [-0.2, 0) is 10.8 Å². The second-order valence-corrected chi connectivity index (χ2v) is 15.8. The highest BCUT2D eigenvalue weighted by Gasteiger charge is 2.23. The Morgan fingerprint density at radius 2 is 0.800 bits per heavy atom. The average Bonchev–Trinajstić information content (AvgIpc) is 3.13. The molecule has 0 aliphatic carbocycles. The first-order chi connectivity index (χ1) is 24.1. The number of rotatable bonds is 4. The Labute approximate surface area is 297 Å². The molecule has 0 aliphatic rings. The lowest BCUT2D eigenvalue weighted by Gasteiger charge is -2.25. The maximum Gasteiger partial charge on any atom is -0.00200 e. The van der Waals surface area contributed by atoms with Crippen LogP contribution in [0, 0.1) is 0 Å². The number of hydrogen-bond donors (Lipinski definition) is 0. The Bertz CT molecular complexity index is 2520. The van der Waals surface area contributed by atoms with Crippen LogP contribution < -0.4 is 0 Å². The summed E-state index contributed by atoms with van der Waals surface area (Å²) in [5.41, 5.74) is 12.8. The van der Waals surface area contributed by atoms with Gasteiger partial charge in [-0.15, -0.1) is 0 Å². The van der Waals surface area contributed by atoms with Gasteiger partial charge in [-0.2, -0.15) is 0 Å². The summed E-state index contributed by atoms with van der Waals surface area (Å²) < 4.78 is 0. The summed E-state index contributed by atoms with van der Waals surface area (Å²) >= 11 is 0. The molecule has 0 heteroatoms. The molecule has 0 radical (unpaired) electrons. The van der Waals surface area contributed by atoms with Gasteiger partial charge in [0.25, 0.3) is 0 Å². The fraction of sp³-hybridized carbons (Fsp3) is 0.160.